The Morgan fingerprint density at radius 1 is 1.20 bits per heavy atom. The number of hydrogen-bond acceptors (Lipinski definition) is 8. The topological polar surface area (TPSA) is 117 Å². The molecule has 2 N–H and O–H groups in total. The molecular weight excluding hydrogens is 324 g/mol. The van der Waals surface area contributed by atoms with E-state index in [-0.39, 0.29) is 31.9 Å². The van der Waals surface area contributed by atoms with Crippen LogP contribution in [0.3, 0.4) is 0 Å². The van der Waals surface area contributed by atoms with Crippen LogP contribution in [-0.2, 0) is 4.79 Å². The fraction of sp³-hybridized carbons (Fsp3) is 0.500. The number of aliphatic hydroxyl groups is 2. The molecule has 1 aromatic rings. The first-order valence-corrected chi connectivity index (χ1v) is 8.08. The average molecular weight is 346 g/mol. The van der Waals surface area contributed by atoms with E-state index in [4.69, 9.17) is 10.2 Å². The van der Waals surface area contributed by atoms with E-state index in [1.807, 2.05) is 15.9 Å². The van der Waals surface area contributed by atoms with Crippen LogP contribution in [0.15, 0.2) is 30.2 Å². The van der Waals surface area contributed by atoms with Crippen molar-refractivity contribution in [2.75, 3.05) is 57.4 Å². The second-order valence-electron chi connectivity index (χ2n) is 5.47. The van der Waals surface area contributed by atoms with Crippen molar-refractivity contribution >= 4 is 11.9 Å². The summed E-state index contributed by atoms with van der Waals surface area (Å²) in [6, 6.07) is 3.68. The number of piperazine rings is 1. The third-order valence-electron chi connectivity index (χ3n) is 3.84. The minimum Gasteiger partial charge on any atom is -0.395 e. The predicted octanol–water partition coefficient (Wildman–Crippen LogP) is -1.18. The summed E-state index contributed by atoms with van der Waals surface area (Å²) in [4.78, 5) is 26.0. The Balaban J connectivity index is 1.99. The average Bonchev–Trinajstić information content (AvgIpc) is 2.66. The van der Waals surface area contributed by atoms with Crippen LogP contribution in [0.25, 0.3) is 0 Å². The second-order valence-corrected chi connectivity index (χ2v) is 5.47. The lowest BCUT2D eigenvalue weighted by molar-refractivity contribution is -0.127. The maximum atomic E-state index is 12.4. The fourth-order valence-electron chi connectivity index (χ4n) is 2.55. The first-order valence-electron chi connectivity index (χ1n) is 8.08. The van der Waals surface area contributed by atoms with E-state index >= 15 is 0 Å². The van der Waals surface area contributed by atoms with Crippen LogP contribution < -0.4 is 4.90 Å². The van der Waals surface area contributed by atoms with Crippen LogP contribution in [0.1, 0.15) is 0 Å². The summed E-state index contributed by atoms with van der Waals surface area (Å²) in [6.07, 6.45) is 4.93. The quantitative estimate of drug-likeness (QED) is 0.468. The van der Waals surface area contributed by atoms with Gasteiger partial charge in [0.1, 0.15) is 11.6 Å². The summed E-state index contributed by atoms with van der Waals surface area (Å²) in [5.74, 6) is 0.180. The number of hydrogen-bond donors (Lipinski definition) is 2. The monoisotopic (exact) mass is 346 g/mol. The maximum Gasteiger partial charge on any atom is 0.266 e. The molecular formula is C16H22N6O3. The highest BCUT2D eigenvalue weighted by atomic mass is 16.3. The summed E-state index contributed by atoms with van der Waals surface area (Å²) in [7, 11) is 0. The van der Waals surface area contributed by atoms with Crippen molar-refractivity contribution in [2.24, 2.45) is 0 Å². The molecule has 9 nitrogen and oxygen atoms in total. The number of amides is 1. The third-order valence-corrected chi connectivity index (χ3v) is 3.84. The molecule has 0 atom stereocenters. The van der Waals surface area contributed by atoms with Crippen LogP contribution in [0, 0.1) is 11.3 Å². The van der Waals surface area contributed by atoms with Gasteiger partial charge in [0.05, 0.1) is 13.2 Å². The van der Waals surface area contributed by atoms with E-state index in [0.29, 0.717) is 32.1 Å². The molecule has 1 aliphatic heterocycles. The van der Waals surface area contributed by atoms with Gasteiger partial charge in [0.15, 0.2) is 0 Å². The Morgan fingerprint density at radius 2 is 1.80 bits per heavy atom. The molecule has 1 fully saturated rings. The van der Waals surface area contributed by atoms with Gasteiger partial charge in [0, 0.05) is 57.9 Å². The Kier molecular flexibility index (Phi) is 7.13. The van der Waals surface area contributed by atoms with Gasteiger partial charge in [-0.25, -0.2) is 9.97 Å². The van der Waals surface area contributed by atoms with Crippen LogP contribution in [0.5, 0.6) is 0 Å². The highest BCUT2D eigenvalue weighted by Gasteiger charge is 2.21. The van der Waals surface area contributed by atoms with E-state index < -0.39 is 5.91 Å². The van der Waals surface area contributed by atoms with Gasteiger partial charge >= 0.3 is 0 Å². The minimum absolute atomic E-state index is 0.00805. The lowest BCUT2D eigenvalue weighted by atomic mass is 10.2. The summed E-state index contributed by atoms with van der Waals surface area (Å²) in [5.41, 5.74) is -0.00805. The zero-order valence-electron chi connectivity index (χ0n) is 14.0. The number of nitrogens with zero attached hydrogens (tertiary/aromatic N) is 6. The lowest BCUT2D eigenvalue weighted by Crippen LogP contribution is -2.45. The van der Waals surface area contributed by atoms with Gasteiger partial charge in [0.2, 0.25) is 5.95 Å². The number of carbonyl (C=O) groups excluding carboxylic acids is 1. The number of carbonyl (C=O) groups is 1. The molecule has 2 rings (SSSR count). The van der Waals surface area contributed by atoms with Crippen LogP contribution >= 0.6 is 0 Å². The Labute approximate surface area is 146 Å². The molecule has 0 unspecified atom stereocenters. The van der Waals surface area contributed by atoms with Gasteiger partial charge in [0.25, 0.3) is 5.91 Å². The van der Waals surface area contributed by atoms with Crippen molar-refractivity contribution in [1.82, 2.24) is 19.8 Å². The van der Waals surface area contributed by atoms with Gasteiger partial charge in [-0.15, -0.1) is 0 Å². The van der Waals surface area contributed by atoms with Crippen molar-refractivity contribution in [1.29, 1.82) is 5.26 Å². The largest absolute Gasteiger partial charge is 0.395 e. The van der Waals surface area contributed by atoms with E-state index in [0.717, 1.165) is 0 Å². The van der Waals surface area contributed by atoms with Crippen LogP contribution in [0.2, 0.25) is 0 Å². The molecule has 9 heteroatoms. The van der Waals surface area contributed by atoms with E-state index in [1.54, 1.807) is 24.7 Å². The van der Waals surface area contributed by atoms with Gasteiger partial charge in [-0.1, -0.05) is 0 Å². The lowest BCUT2D eigenvalue weighted by Gasteiger charge is -2.34. The highest BCUT2D eigenvalue weighted by molar-refractivity contribution is 5.97. The summed E-state index contributed by atoms with van der Waals surface area (Å²) >= 11 is 0. The third kappa shape index (κ3) is 5.14. The first kappa shape index (κ1) is 18.6. The number of nitriles is 1. The summed E-state index contributed by atoms with van der Waals surface area (Å²) in [5, 5.41) is 27.3. The van der Waals surface area contributed by atoms with Crippen molar-refractivity contribution < 1.29 is 15.0 Å². The molecule has 0 radical (unpaired) electrons. The molecule has 0 bridgehead atoms. The van der Waals surface area contributed by atoms with Crippen LogP contribution in [-0.4, -0.2) is 88.4 Å². The molecule has 1 amide bonds. The molecule has 1 aromatic heterocycles. The number of anilines is 1. The SMILES string of the molecule is N#C/C(=C/N1CCN(c2ncccn2)CC1)C(=O)N(CCO)CCO. The van der Waals surface area contributed by atoms with Gasteiger partial charge < -0.3 is 24.9 Å². The highest BCUT2D eigenvalue weighted by Crippen LogP contribution is 2.11. The maximum absolute atomic E-state index is 12.4. The van der Waals surface area contributed by atoms with E-state index in [2.05, 4.69) is 9.97 Å². The summed E-state index contributed by atoms with van der Waals surface area (Å²) < 4.78 is 0. The van der Waals surface area contributed by atoms with Gasteiger partial charge in [-0.05, 0) is 6.07 Å². The minimum atomic E-state index is -0.487. The number of rotatable bonds is 7. The molecule has 0 aliphatic carbocycles. The molecule has 0 spiro atoms. The molecule has 1 saturated heterocycles. The second kappa shape index (κ2) is 9.56. The van der Waals surface area contributed by atoms with Gasteiger partial charge in [-0.3, -0.25) is 4.79 Å². The molecule has 0 saturated carbocycles. The first-order chi connectivity index (χ1) is 12.2. The summed E-state index contributed by atoms with van der Waals surface area (Å²) in [6.45, 7) is 2.36. The van der Waals surface area contributed by atoms with Crippen molar-refractivity contribution in [3.63, 3.8) is 0 Å². The normalized spacial score (nSPS) is 15.0. The Bertz CT molecular complexity index is 617. The molecule has 134 valence electrons. The van der Waals surface area contributed by atoms with Crippen molar-refractivity contribution in [3.05, 3.63) is 30.2 Å². The molecule has 0 aromatic carbocycles. The van der Waals surface area contributed by atoms with E-state index in [1.165, 1.54) is 4.90 Å². The predicted molar refractivity (Wildman–Crippen MR) is 90.3 cm³/mol. The molecule has 1 aliphatic rings. The zero-order valence-corrected chi connectivity index (χ0v) is 14.0. The smallest absolute Gasteiger partial charge is 0.266 e. The fourth-order valence-corrected chi connectivity index (χ4v) is 2.55. The van der Waals surface area contributed by atoms with Gasteiger partial charge in [-0.2, -0.15) is 5.26 Å². The van der Waals surface area contributed by atoms with Crippen molar-refractivity contribution in [2.45, 2.75) is 0 Å². The Hall–Kier alpha value is -2.70. The number of aliphatic hydroxyl groups excluding tert-OH is 2. The Morgan fingerprint density at radius 3 is 2.32 bits per heavy atom. The van der Waals surface area contributed by atoms with E-state index in [9.17, 15) is 10.1 Å². The zero-order chi connectivity index (χ0) is 18.1. The van der Waals surface area contributed by atoms with Crippen molar-refractivity contribution in [3.8, 4) is 6.07 Å². The van der Waals surface area contributed by atoms with Crippen LogP contribution in [0.4, 0.5) is 5.95 Å². The number of aromatic nitrogens is 2. The molecule has 25 heavy (non-hydrogen) atoms. The molecule has 2 heterocycles. The standard InChI is InChI=1S/C16H22N6O3/c17-12-14(15(25)21(8-10-23)9-11-24)13-20-4-6-22(7-5-20)16-18-2-1-3-19-16/h1-3,13,23-24H,4-11H2/b14-13-.